The van der Waals surface area contributed by atoms with E-state index < -0.39 is 12.0 Å². The van der Waals surface area contributed by atoms with Gasteiger partial charge in [-0.3, -0.25) is 0 Å². The van der Waals surface area contributed by atoms with Gasteiger partial charge in [0.25, 0.3) is 0 Å². The summed E-state index contributed by atoms with van der Waals surface area (Å²) in [6.07, 6.45) is 0. The van der Waals surface area contributed by atoms with Crippen molar-refractivity contribution < 1.29 is 14.3 Å². The number of hydrogen-bond acceptors (Lipinski definition) is 4. The van der Waals surface area contributed by atoms with Crippen LogP contribution < -0.4 is 10.5 Å². The van der Waals surface area contributed by atoms with Crippen LogP contribution in [0.3, 0.4) is 0 Å². The van der Waals surface area contributed by atoms with E-state index in [2.05, 4.69) is 13.8 Å². The zero-order valence-electron chi connectivity index (χ0n) is 11.4. The SMILES string of the molecule is CCOC(=O)C(N)c1cc(C(C)C)ccc1OC. The van der Waals surface area contributed by atoms with Gasteiger partial charge >= 0.3 is 5.97 Å². The van der Waals surface area contributed by atoms with Crippen LogP contribution in [0.4, 0.5) is 0 Å². The molecule has 1 aromatic carbocycles. The maximum atomic E-state index is 11.7. The number of rotatable bonds is 5. The highest BCUT2D eigenvalue weighted by Gasteiger charge is 2.21. The fraction of sp³-hybridized carbons (Fsp3) is 0.500. The van der Waals surface area contributed by atoms with Crippen molar-refractivity contribution in [1.29, 1.82) is 0 Å². The average molecular weight is 251 g/mol. The quantitative estimate of drug-likeness (QED) is 0.816. The van der Waals surface area contributed by atoms with Gasteiger partial charge in [0.2, 0.25) is 0 Å². The molecular formula is C14H21NO3. The standard InChI is InChI=1S/C14H21NO3/c1-5-18-14(16)13(15)11-8-10(9(2)3)6-7-12(11)17-4/h6-9,13H,5,15H2,1-4H3. The molecule has 4 heteroatoms. The Bertz CT molecular complexity index is 416. The van der Waals surface area contributed by atoms with Crippen LogP contribution >= 0.6 is 0 Å². The van der Waals surface area contributed by atoms with Gasteiger partial charge in [-0.15, -0.1) is 0 Å². The first kappa shape index (κ1) is 14.5. The van der Waals surface area contributed by atoms with E-state index in [0.717, 1.165) is 5.56 Å². The number of benzene rings is 1. The van der Waals surface area contributed by atoms with Crippen molar-refractivity contribution in [2.75, 3.05) is 13.7 Å². The van der Waals surface area contributed by atoms with Crippen molar-refractivity contribution in [3.05, 3.63) is 29.3 Å². The number of ether oxygens (including phenoxy) is 2. The molecule has 0 aliphatic heterocycles. The Hall–Kier alpha value is -1.55. The molecule has 0 saturated heterocycles. The number of nitrogens with two attached hydrogens (primary N) is 1. The van der Waals surface area contributed by atoms with Gasteiger partial charge in [0, 0.05) is 5.56 Å². The van der Waals surface area contributed by atoms with Crippen molar-refractivity contribution in [2.45, 2.75) is 32.7 Å². The first-order valence-electron chi connectivity index (χ1n) is 6.11. The number of carbonyl (C=O) groups is 1. The molecule has 0 bridgehead atoms. The Morgan fingerprint density at radius 2 is 2.06 bits per heavy atom. The van der Waals surface area contributed by atoms with Crippen LogP contribution in [0.15, 0.2) is 18.2 Å². The van der Waals surface area contributed by atoms with E-state index in [1.165, 1.54) is 0 Å². The number of carbonyl (C=O) groups excluding carboxylic acids is 1. The van der Waals surface area contributed by atoms with Gasteiger partial charge in [-0.25, -0.2) is 4.79 Å². The number of esters is 1. The molecule has 1 aromatic rings. The molecule has 0 amide bonds. The van der Waals surface area contributed by atoms with Crippen molar-refractivity contribution >= 4 is 5.97 Å². The highest BCUT2D eigenvalue weighted by atomic mass is 16.5. The Labute approximate surface area is 108 Å². The molecule has 0 spiro atoms. The van der Waals surface area contributed by atoms with Gasteiger partial charge < -0.3 is 15.2 Å². The third kappa shape index (κ3) is 3.23. The summed E-state index contributed by atoms with van der Waals surface area (Å²) in [5, 5.41) is 0. The van der Waals surface area contributed by atoms with Crippen LogP contribution in [-0.4, -0.2) is 19.7 Å². The average Bonchev–Trinajstić information content (AvgIpc) is 2.37. The van der Waals surface area contributed by atoms with Gasteiger partial charge in [0.1, 0.15) is 11.8 Å². The first-order valence-corrected chi connectivity index (χ1v) is 6.11. The minimum atomic E-state index is -0.807. The largest absolute Gasteiger partial charge is 0.496 e. The Kier molecular flexibility index (Phi) is 5.16. The summed E-state index contributed by atoms with van der Waals surface area (Å²) in [6.45, 7) is 6.24. The van der Waals surface area contributed by atoms with Gasteiger partial charge in [-0.1, -0.05) is 19.9 Å². The maximum absolute atomic E-state index is 11.7. The number of hydrogen-bond donors (Lipinski definition) is 1. The lowest BCUT2D eigenvalue weighted by Gasteiger charge is -2.17. The van der Waals surface area contributed by atoms with E-state index in [1.54, 1.807) is 14.0 Å². The lowest BCUT2D eigenvalue weighted by molar-refractivity contribution is -0.144. The fourth-order valence-electron chi connectivity index (χ4n) is 1.71. The van der Waals surface area contributed by atoms with Crippen molar-refractivity contribution in [3.8, 4) is 5.75 Å². The van der Waals surface area contributed by atoms with Crippen molar-refractivity contribution in [2.24, 2.45) is 5.73 Å². The van der Waals surface area contributed by atoms with E-state index in [4.69, 9.17) is 15.2 Å². The smallest absolute Gasteiger partial charge is 0.327 e. The molecule has 1 atom stereocenters. The molecule has 0 saturated carbocycles. The summed E-state index contributed by atoms with van der Waals surface area (Å²) in [5.41, 5.74) is 7.70. The highest BCUT2D eigenvalue weighted by molar-refractivity contribution is 5.78. The van der Waals surface area contributed by atoms with E-state index in [0.29, 0.717) is 23.8 Å². The summed E-state index contributed by atoms with van der Waals surface area (Å²) in [6, 6.07) is 4.92. The lowest BCUT2D eigenvalue weighted by Crippen LogP contribution is -2.24. The third-order valence-corrected chi connectivity index (χ3v) is 2.80. The predicted molar refractivity (Wildman–Crippen MR) is 70.6 cm³/mol. The normalized spacial score (nSPS) is 12.3. The molecule has 4 nitrogen and oxygen atoms in total. The lowest BCUT2D eigenvalue weighted by atomic mass is 9.97. The van der Waals surface area contributed by atoms with Crippen LogP contribution in [0.1, 0.15) is 43.9 Å². The summed E-state index contributed by atoms with van der Waals surface area (Å²) < 4.78 is 10.2. The molecule has 18 heavy (non-hydrogen) atoms. The zero-order valence-corrected chi connectivity index (χ0v) is 11.4. The monoisotopic (exact) mass is 251 g/mol. The van der Waals surface area contributed by atoms with E-state index in [-0.39, 0.29) is 0 Å². The van der Waals surface area contributed by atoms with Crippen molar-refractivity contribution in [3.63, 3.8) is 0 Å². The molecule has 2 N–H and O–H groups in total. The molecule has 1 rings (SSSR count). The topological polar surface area (TPSA) is 61.5 Å². The first-order chi connectivity index (χ1) is 8.51. The van der Waals surface area contributed by atoms with Crippen LogP contribution in [0.25, 0.3) is 0 Å². The summed E-state index contributed by atoms with van der Waals surface area (Å²) >= 11 is 0. The number of methoxy groups -OCH3 is 1. The van der Waals surface area contributed by atoms with Crippen LogP contribution in [0, 0.1) is 0 Å². The molecule has 0 fully saturated rings. The maximum Gasteiger partial charge on any atom is 0.327 e. The minimum absolute atomic E-state index is 0.318. The summed E-state index contributed by atoms with van der Waals surface area (Å²) in [4.78, 5) is 11.7. The summed E-state index contributed by atoms with van der Waals surface area (Å²) in [5.74, 6) is 0.542. The Morgan fingerprint density at radius 1 is 1.39 bits per heavy atom. The van der Waals surface area contributed by atoms with Gasteiger partial charge in [0.15, 0.2) is 0 Å². The predicted octanol–water partition coefficient (Wildman–Crippen LogP) is 2.38. The summed E-state index contributed by atoms with van der Waals surface area (Å²) in [7, 11) is 1.56. The van der Waals surface area contributed by atoms with Crippen LogP contribution in [-0.2, 0) is 9.53 Å². The third-order valence-electron chi connectivity index (χ3n) is 2.80. The molecule has 0 heterocycles. The van der Waals surface area contributed by atoms with Crippen molar-refractivity contribution in [1.82, 2.24) is 0 Å². The molecule has 0 aliphatic rings. The van der Waals surface area contributed by atoms with Crippen LogP contribution in [0.5, 0.6) is 5.75 Å². The van der Waals surface area contributed by atoms with E-state index in [9.17, 15) is 4.79 Å². The molecule has 0 aliphatic carbocycles. The second-order valence-corrected chi connectivity index (χ2v) is 4.39. The molecule has 0 aromatic heterocycles. The van der Waals surface area contributed by atoms with Gasteiger partial charge in [-0.2, -0.15) is 0 Å². The molecular weight excluding hydrogens is 230 g/mol. The van der Waals surface area contributed by atoms with Gasteiger partial charge in [0.05, 0.1) is 13.7 Å². The molecule has 1 unspecified atom stereocenters. The Morgan fingerprint density at radius 3 is 2.56 bits per heavy atom. The highest BCUT2D eigenvalue weighted by Crippen LogP contribution is 2.28. The van der Waals surface area contributed by atoms with Gasteiger partial charge in [-0.05, 0) is 30.5 Å². The van der Waals surface area contributed by atoms with Crippen LogP contribution in [0.2, 0.25) is 0 Å². The fourth-order valence-corrected chi connectivity index (χ4v) is 1.71. The second kappa shape index (κ2) is 6.40. The zero-order chi connectivity index (χ0) is 13.7. The van der Waals surface area contributed by atoms with E-state index in [1.807, 2.05) is 18.2 Å². The van der Waals surface area contributed by atoms with E-state index >= 15 is 0 Å². The minimum Gasteiger partial charge on any atom is -0.496 e. The molecule has 100 valence electrons. The second-order valence-electron chi connectivity index (χ2n) is 4.39. The molecule has 0 radical (unpaired) electrons. The Balaban J connectivity index is 3.11.